The normalized spacial score (nSPS) is 19.9. The molecule has 2 saturated heterocycles. The van der Waals surface area contributed by atoms with Gasteiger partial charge in [-0.2, -0.15) is 0 Å². The predicted octanol–water partition coefficient (Wildman–Crippen LogP) is 2.73. The van der Waals surface area contributed by atoms with Crippen molar-refractivity contribution < 1.29 is 18.9 Å². The number of pyridine rings is 1. The first-order valence-electron chi connectivity index (χ1n) is 14.7. The number of nitrogens with one attached hydrogen (secondary N) is 1. The third-order valence-electron chi connectivity index (χ3n) is 8.27. The van der Waals surface area contributed by atoms with Gasteiger partial charge in [-0.3, -0.25) is 14.6 Å². The molecule has 2 aromatic carbocycles. The second-order valence-corrected chi connectivity index (χ2v) is 11.0. The largest absolute Gasteiger partial charge is 0.494 e. The molecule has 0 unspecified atom stereocenters. The van der Waals surface area contributed by atoms with Crippen molar-refractivity contribution in [1.82, 2.24) is 35.0 Å². The zero-order valence-electron chi connectivity index (χ0n) is 23.7. The second kappa shape index (κ2) is 11.7. The van der Waals surface area contributed by atoms with E-state index in [9.17, 15) is 4.79 Å². The van der Waals surface area contributed by atoms with E-state index in [0.717, 1.165) is 80.3 Å². The van der Waals surface area contributed by atoms with Crippen LogP contribution in [0.3, 0.4) is 0 Å². The van der Waals surface area contributed by atoms with Gasteiger partial charge in [-0.1, -0.05) is 6.07 Å². The van der Waals surface area contributed by atoms with Gasteiger partial charge in [-0.05, 0) is 72.2 Å². The van der Waals surface area contributed by atoms with Crippen molar-refractivity contribution in [2.24, 2.45) is 0 Å². The highest BCUT2D eigenvalue weighted by Crippen LogP contribution is 2.33. The van der Waals surface area contributed by atoms with Crippen LogP contribution in [0.5, 0.6) is 17.2 Å². The van der Waals surface area contributed by atoms with Crippen molar-refractivity contribution in [2.75, 3.05) is 46.2 Å². The molecule has 2 fully saturated rings. The molecule has 3 aliphatic rings. The number of tetrazole rings is 1. The summed E-state index contributed by atoms with van der Waals surface area (Å²) in [6.45, 7) is 8.08. The molecule has 0 radical (unpaired) electrons. The number of fused-ring (bicyclic) bond motifs is 2. The first kappa shape index (κ1) is 26.9. The number of rotatable bonds is 9. The Bertz CT molecular complexity index is 1610. The van der Waals surface area contributed by atoms with Crippen LogP contribution in [0.4, 0.5) is 0 Å². The van der Waals surface area contributed by atoms with Crippen molar-refractivity contribution in [3.05, 3.63) is 69.8 Å². The van der Waals surface area contributed by atoms with E-state index in [1.807, 2.05) is 41.9 Å². The summed E-state index contributed by atoms with van der Waals surface area (Å²) in [7, 11) is 0. The Morgan fingerprint density at radius 1 is 1.07 bits per heavy atom. The molecule has 0 spiro atoms. The average molecular weight is 574 g/mol. The molecule has 12 nitrogen and oxygen atoms in total. The van der Waals surface area contributed by atoms with Crippen molar-refractivity contribution >= 4 is 10.9 Å². The van der Waals surface area contributed by atoms with E-state index in [-0.39, 0.29) is 18.5 Å². The van der Waals surface area contributed by atoms with Crippen LogP contribution >= 0.6 is 0 Å². The Balaban J connectivity index is 1.18. The standard InChI is InChI=1S/C30H35N7O5/c1-2-39-22-6-7-25-21(15-22)16-24(30(38)31-25)28(29-32-33-34-37(29)18-23-4-3-13-40-23)36-11-9-35(10-12-36)17-20-5-8-26-27(14-20)42-19-41-26/h5-8,14-16,23,28H,2-4,9-13,17-19H2,1H3,(H,31,38)/t23-,28-/m0/s1. The van der Waals surface area contributed by atoms with Crippen LogP contribution in [-0.2, 0) is 17.8 Å². The summed E-state index contributed by atoms with van der Waals surface area (Å²) in [5.74, 6) is 3.01. The molecule has 2 atom stereocenters. The number of ether oxygens (including phenoxy) is 4. The molecule has 220 valence electrons. The Morgan fingerprint density at radius 2 is 1.95 bits per heavy atom. The van der Waals surface area contributed by atoms with Crippen molar-refractivity contribution in [3.63, 3.8) is 0 Å². The Labute approximate surface area is 243 Å². The number of hydrogen-bond donors (Lipinski definition) is 1. The smallest absolute Gasteiger partial charge is 0.253 e. The summed E-state index contributed by atoms with van der Waals surface area (Å²) in [4.78, 5) is 21.5. The molecule has 2 aromatic heterocycles. The highest BCUT2D eigenvalue weighted by atomic mass is 16.7. The second-order valence-electron chi connectivity index (χ2n) is 11.0. The Hall–Kier alpha value is -4.00. The molecule has 1 N–H and O–H groups in total. The number of piperazine rings is 1. The lowest BCUT2D eigenvalue weighted by Crippen LogP contribution is -2.48. The maximum absolute atomic E-state index is 13.6. The van der Waals surface area contributed by atoms with Crippen LogP contribution in [0.15, 0.2) is 47.3 Å². The lowest BCUT2D eigenvalue weighted by Gasteiger charge is -2.38. The molecular formula is C30H35N7O5. The number of H-pyrrole nitrogens is 1. The number of nitrogens with zero attached hydrogens (tertiary/aromatic N) is 6. The number of aromatic amines is 1. The third kappa shape index (κ3) is 5.44. The lowest BCUT2D eigenvalue weighted by molar-refractivity contribution is 0.0840. The van der Waals surface area contributed by atoms with E-state index in [4.69, 9.17) is 18.9 Å². The van der Waals surface area contributed by atoms with Crippen LogP contribution in [0.25, 0.3) is 10.9 Å². The zero-order valence-corrected chi connectivity index (χ0v) is 23.7. The number of benzene rings is 2. The minimum absolute atomic E-state index is 0.0649. The molecule has 0 amide bonds. The summed E-state index contributed by atoms with van der Waals surface area (Å²) in [6, 6.07) is 13.4. The van der Waals surface area contributed by atoms with Gasteiger partial charge in [-0.15, -0.1) is 5.10 Å². The van der Waals surface area contributed by atoms with Crippen molar-refractivity contribution in [2.45, 2.75) is 45.0 Å². The lowest BCUT2D eigenvalue weighted by atomic mass is 10.0. The quantitative estimate of drug-likeness (QED) is 0.320. The van der Waals surface area contributed by atoms with Crippen LogP contribution in [0.2, 0.25) is 0 Å². The molecule has 5 heterocycles. The number of aromatic nitrogens is 5. The highest BCUT2D eigenvalue weighted by Gasteiger charge is 2.33. The summed E-state index contributed by atoms with van der Waals surface area (Å²) < 4.78 is 24.5. The fourth-order valence-electron chi connectivity index (χ4n) is 6.16. The summed E-state index contributed by atoms with van der Waals surface area (Å²) in [5, 5.41) is 13.8. The number of hydrogen-bond acceptors (Lipinski definition) is 10. The molecule has 7 rings (SSSR count). The van der Waals surface area contributed by atoms with Crippen LogP contribution in [-0.4, -0.2) is 87.3 Å². The van der Waals surface area contributed by atoms with E-state index in [1.54, 1.807) is 0 Å². The summed E-state index contributed by atoms with van der Waals surface area (Å²) in [5.41, 5.74) is 2.41. The van der Waals surface area contributed by atoms with Gasteiger partial charge in [0, 0.05) is 55.8 Å². The molecular weight excluding hydrogens is 538 g/mol. The van der Waals surface area contributed by atoms with E-state index in [2.05, 4.69) is 42.4 Å². The van der Waals surface area contributed by atoms with E-state index in [0.29, 0.717) is 24.5 Å². The van der Waals surface area contributed by atoms with Gasteiger partial charge in [0.15, 0.2) is 17.3 Å². The summed E-state index contributed by atoms with van der Waals surface area (Å²) in [6.07, 6.45) is 2.07. The first-order valence-corrected chi connectivity index (χ1v) is 14.7. The van der Waals surface area contributed by atoms with Crippen molar-refractivity contribution in [1.29, 1.82) is 0 Å². The Morgan fingerprint density at radius 3 is 2.79 bits per heavy atom. The van der Waals surface area contributed by atoms with Crippen LogP contribution in [0.1, 0.15) is 42.8 Å². The fourth-order valence-corrected chi connectivity index (χ4v) is 6.16. The van der Waals surface area contributed by atoms with Gasteiger partial charge in [0.05, 0.1) is 19.3 Å². The van der Waals surface area contributed by atoms with Gasteiger partial charge in [0.25, 0.3) is 5.56 Å². The topological polar surface area (TPSA) is 120 Å². The molecule has 0 bridgehead atoms. The van der Waals surface area contributed by atoms with Gasteiger partial charge in [-0.25, -0.2) is 4.68 Å². The molecule has 4 aromatic rings. The maximum Gasteiger partial charge on any atom is 0.253 e. The summed E-state index contributed by atoms with van der Waals surface area (Å²) >= 11 is 0. The highest BCUT2D eigenvalue weighted by molar-refractivity contribution is 5.80. The van der Waals surface area contributed by atoms with E-state index >= 15 is 0 Å². The predicted molar refractivity (Wildman–Crippen MR) is 154 cm³/mol. The molecule has 12 heteroatoms. The molecule has 0 saturated carbocycles. The van der Waals surface area contributed by atoms with E-state index < -0.39 is 6.04 Å². The molecule has 42 heavy (non-hydrogen) atoms. The SMILES string of the molecule is CCOc1ccc2[nH]c(=O)c([C@@H](c3nnnn3C[C@@H]3CCCO3)N3CCN(Cc4ccc5c(c4)OCO5)CC3)cc2c1. The maximum atomic E-state index is 13.6. The van der Waals surface area contributed by atoms with Gasteiger partial charge in [0.2, 0.25) is 6.79 Å². The molecule has 3 aliphatic heterocycles. The van der Waals surface area contributed by atoms with Gasteiger partial charge >= 0.3 is 0 Å². The van der Waals surface area contributed by atoms with Gasteiger partial charge in [0.1, 0.15) is 11.8 Å². The monoisotopic (exact) mass is 573 g/mol. The minimum atomic E-state index is -0.419. The van der Waals surface area contributed by atoms with Crippen LogP contribution < -0.4 is 19.8 Å². The van der Waals surface area contributed by atoms with E-state index in [1.165, 1.54) is 5.56 Å². The Kier molecular flexibility index (Phi) is 7.49. The third-order valence-corrected chi connectivity index (χ3v) is 8.27. The van der Waals surface area contributed by atoms with Crippen molar-refractivity contribution in [3.8, 4) is 17.2 Å². The van der Waals surface area contributed by atoms with Gasteiger partial charge < -0.3 is 23.9 Å². The van der Waals surface area contributed by atoms with Crippen LogP contribution in [0, 0.1) is 0 Å². The first-order chi connectivity index (χ1) is 20.6. The molecule has 0 aliphatic carbocycles. The average Bonchev–Trinajstić information content (AvgIpc) is 3.78. The minimum Gasteiger partial charge on any atom is -0.494 e. The zero-order chi connectivity index (χ0) is 28.5. The fraction of sp³-hybridized carbons (Fsp3) is 0.467.